The molecule has 1 unspecified atom stereocenters. The first-order chi connectivity index (χ1) is 9.79. The second-order valence-corrected chi connectivity index (χ2v) is 4.77. The van der Waals surface area contributed by atoms with Crippen molar-refractivity contribution >= 4 is 5.95 Å². The minimum Gasteiger partial charge on any atom is -0.354 e. The molecule has 2 rings (SSSR count). The van der Waals surface area contributed by atoms with Gasteiger partial charge in [0.05, 0.1) is 5.69 Å². The molecule has 0 spiro atoms. The number of hydrogen-bond acceptors (Lipinski definition) is 5. The first kappa shape index (κ1) is 14.4. The van der Waals surface area contributed by atoms with Crippen LogP contribution in [-0.4, -0.2) is 27.5 Å². The maximum atomic E-state index is 5.98. The SMILES string of the molecule is CCCC(N)CCNc1nccc(-c2cccnc2)n1. The van der Waals surface area contributed by atoms with Crippen LogP contribution in [0.15, 0.2) is 36.8 Å². The van der Waals surface area contributed by atoms with E-state index in [0.29, 0.717) is 5.95 Å². The molecule has 0 radical (unpaired) electrons. The summed E-state index contributed by atoms with van der Waals surface area (Å²) in [5, 5.41) is 3.22. The van der Waals surface area contributed by atoms with Crippen molar-refractivity contribution in [1.29, 1.82) is 0 Å². The topological polar surface area (TPSA) is 76.7 Å². The summed E-state index contributed by atoms with van der Waals surface area (Å²) in [5.41, 5.74) is 7.84. The summed E-state index contributed by atoms with van der Waals surface area (Å²) in [7, 11) is 0. The zero-order valence-corrected chi connectivity index (χ0v) is 11.8. The van der Waals surface area contributed by atoms with E-state index in [9.17, 15) is 0 Å². The fraction of sp³-hybridized carbons (Fsp3) is 0.400. The number of pyridine rings is 1. The molecule has 2 aromatic heterocycles. The smallest absolute Gasteiger partial charge is 0.223 e. The number of rotatable bonds is 7. The third-order valence-corrected chi connectivity index (χ3v) is 3.07. The molecular weight excluding hydrogens is 250 g/mol. The molecule has 0 aliphatic rings. The van der Waals surface area contributed by atoms with Gasteiger partial charge in [0.2, 0.25) is 5.95 Å². The largest absolute Gasteiger partial charge is 0.354 e. The molecule has 20 heavy (non-hydrogen) atoms. The molecular formula is C15H21N5. The summed E-state index contributed by atoms with van der Waals surface area (Å²) >= 11 is 0. The van der Waals surface area contributed by atoms with Crippen LogP contribution in [0.5, 0.6) is 0 Å². The molecule has 1 atom stereocenters. The maximum absolute atomic E-state index is 5.98. The van der Waals surface area contributed by atoms with Gasteiger partial charge < -0.3 is 11.1 Å². The second-order valence-electron chi connectivity index (χ2n) is 4.77. The summed E-state index contributed by atoms with van der Waals surface area (Å²) in [5.74, 6) is 0.634. The molecule has 0 saturated carbocycles. The normalized spacial score (nSPS) is 12.1. The van der Waals surface area contributed by atoms with E-state index < -0.39 is 0 Å². The third-order valence-electron chi connectivity index (χ3n) is 3.07. The van der Waals surface area contributed by atoms with Crippen molar-refractivity contribution in [3.63, 3.8) is 0 Å². The Bertz CT molecular complexity index is 515. The number of aromatic nitrogens is 3. The van der Waals surface area contributed by atoms with Crippen molar-refractivity contribution in [2.24, 2.45) is 5.73 Å². The summed E-state index contributed by atoms with van der Waals surface area (Å²) in [6.07, 6.45) is 8.40. The van der Waals surface area contributed by atoms with Gasteiger partial charge in [-0.3, -0.25) is 4.98 Å². The summed E-state index contributed by atoms with van der Waals surface area (Å²) < 4.78 is 0. The number of anilines is 1. The first-order valence-electron chi connectivity index (χ1n) is 7.02. The van der Waals surface area contributed by atoms with Crippen LogP contribution in [0.4, 0.5) is 5.95 Å². The molecule has 106 valence electrons. The molecule has 3 N–H and O–H groups in total. The van der Waals surface area contributed by atoms with E-state index >= 15 is 0 Å². The molecule has 5 nitrogen and oxygen atoms in total. The third kappa shape index (κ3) is 4.28. The molecule has 0 aromatic carbocycles. The molecule has 0 aliphatic heterocycles. The number of hydrogen-bond donors (Lipinski definition) is 2. The van der Waals surface area contributed by atoms with Crippen molar-refractivity contribution in [3.8, 4) is 11.3 Å². The predicted molar refractivity (Wildman–Crippen MR) is 81.3 cm³/mol. The van der Waals surface area contributed by atoms with E-state index in [0.717, 1.165) is 37.1 Å². The lowest BCUT2D eigenvalue weighted by Gasteiger charge is -2.11. The summed E-state index contributed by atoms with van der Waals surface area (Å²) in [6, 6.07) is 6.00. The standard InChI is InChI=1S/C15H21N5/c1-2-4-13(16)6-9-18-15-19-10-7-14(20-15)12-5-3-8-17-11-12/h3,5,7-8,10-11,13H,2,4,6,9,16H2,1H3,(H,18,19,20). The van der Waals surface area contributed by atoms with Crippen molar-refractivity contribution in [3.05, 3.63) is 36.8 Å². The van der Waals surface area contributed by atoms with Crippen molar-refractivity contribution in [2.45, 2.75) is 32.2 Å². The zero-order valence-electron chi connectivity index (χ0n) is 11.8. The van der Waals surface area contributed by atoms with Crippen molar-refractivity contribution in [2.75, 3.05) is 11.9 Å². The minimum atomic E-state index is 0.244. The highest BCUT2D eigenvalue weighted by molar-refractivity contribution is 5.58. The number of nitrogens with two attached hydrogens (primary N) is 1. The van der Waals surface area contributed by atoms with Gasteiger partial charge >= 0.3 is 0 Å². The van der Waals surface area contributed by atoms with Crippen LogP contribution in [0, 0.1) is 0 Å². The average molecular weight is 271 g/mol. The number of nitrogens with zero attached hydrogens (tertiary/aromatic N) is 3. The summed E-state index contributed by atoms with van der Waals surface area (Å²) in [6.45, 7) is 2.94. The highest BCUT2D eigenvalue weighted by Crippen LogP contribution is 2.15. The molecule has 5 heteroatoms. The van der Waals surface area contributed by atoms with Crippen LogP contribution >= 0.6 is 0 Å². The lowest BCUT2D eigenvalue weighted by Crippen LogP contribution is -2.23. The van der Waals surface area contributed by atoms with Gasteiger partial charge in [0.15, 0.2) is 0 Å². The van der Waals surface area contributed by atoms with Gasteiger partial charge in [-0.2, -0.15) is 0 Å². The first-order valence-corrected chi connectivity index (χ1v) is 7.02. The fourth-order valence-corrected chi connectivity index (χ4v) is 2.00. The van der Waals surface area contributed by atoms with Gasteiger partial charge in [-0.15, -0.1) is 0 Å². The van der Waals surface area contributed by atoms with Crippen LogP contribution in [0.3, 0.4) is 0 Å². The summed E-state index contributed by atoms with van der Waals surface area (Å²) in [4.78, 5) is 12.8. The van der Waals surface area contributed by atoms with Crippen LogP contribution in [0.25, 0.3) is 11.3 Å². The number of nitrogens with one attached hydrogen (secondary N) is 1. The molecule has 0 amide bonds. The van der Waals surface area contributed by atoms with Gasteiger partial charge in [-0.1, -0.05) is 13.3 Å². The second kappa shape index (κ2) is 7.55. The molecule has 0 fully saturated rings. The molecule has 0 saturated heterocycles. The maximum Gasteiger partial charge on any atom is 0.223 e. The Labute approximate surface area is 119 Å². The molecule has 2 heterocycles. The minimum absolute atomic E-state index is 0.244. The van der Waals surface area contributed by atoms with E-state index in [4.69, 9.17) is 5.73 Å². The Hall–Kier alpha value is -2.01. The van der Waals surface area contributed by atoms with Crippen LogP contribution in [-0.2, 0) is 0 Å². The van der Waals surface area contributed by atoms with Gasteiger partial charge in [0.1, 0.15) is 0 Å². The lowest BCUT2D eigenvalue weighted by molar-refractivity contribution is 0.574. The molecule has 0 bridgehead atoms. The highest BCUT2D eigenvalue weighted by Gasteiger charge is 2.03. The van der Waals surface area contributed by atoms with E-state index in [1.54, 1.807) is 18.6 Å². The van der Waals surface area contributed by atoms with Crippen LogP contribution in [0.1, 0.15) is 26.2 Å². The van der Waals surface area contributed by atoms with Gasteiger partial charge in [0, 0.05) is 36.7 Å². The Balaban J connectivity index is 1.93. The zero-order chi connectivity index (χ0) is 14.2. The Morgan fingerprint density at radius 1 is 1.25 bits per heavy atom. The van der Waals surface area contributed by atoms with E-state index in [2.05, 4.69) is 27.2 Å². The Morgan fingerprint density at radius 3 is 2.90 bits per heavy atom. The van der Waals surface area contributed by atoms with E-state index in [1.165, 1.54) is 0 Å². The Morgan fingerprint density at radius 2 is 2.15 bits per heavy atom. The molecule has 0 aliphatic carbocycles. The van der Waals surface area contributed by atoms with Crippen molar-refractivity contribution < 1.29 is 0 Å². The lowest BCUT2D eigenvalue weighted by atomic mass is 10.1. The van der Waals surface area contributed by atoms with Gasteiger partial charge in [-0.25, -0.2) is 9.97 Å². The van der Waals surface area contributed by atoms with Crippen molar-refractivity contribution in [1.82, 2.24) is 15.0 Å². The van der Waals surface area contributed by atoms with Gasteiger partial charge in [0.25, 0.3) is 0 Å². The molecule has 2 aromatic rings. The fourth-order valence-electron chi connectivity index (χ4n) is 2.00. The quantitative estimate of drug-likeness (QED) is 0.809. The predicted octanol–water partition coefficient (Wildman–Crippen LogP) is 2.47. The van der Waals surface area contributed by atoms with E-state index in [-0.39, 0.29) is 6.04 Å². The highest BCUT2D eigenvalue weighted by atomic mass is 15.1. The van der Waals surface area contributed by atoms with Crippen LogP contribution < -0.4 is 11.1 Å². The van der Waals surface area contributed by atoms with E-state index in [1.807, 2.05) is 18.2 Å². The Kier molecular flexibility index (Phi) is 5.43. The monoisotopic (exact) mass is 271 g/mol. The van der Waals surface area contributed by atoms with Crippen LogP contribution in [0.2, 0.25) is 0 Å². The average Bonchev–Trinajstić information content (AvgIpc) is 2.49. The van der Waals surface area contributed by atoms with Gasteiger partial charge in [-0.05, 0) is 31.0 Å².